The second-order valence-electron chi connectivity index (χ2n) is 4.44. The van der Waals surface area contributed by atoms with Crippen molar-refractivity contribution in [3.8, 4) is 0 Å². The van der Waals surface area contributed by atoms with E-state index in [1.165, 1.54) is 24.8 Å². The lowest BCUT2D eigenvalue weighted by Crippen LogP contribution is -2.29. The van der Waals surface area contributed by atoms with Gasteiger partial charge in [-0.3, -0.25) is 0 Å². The van der Waals surface area contributed by atoms with Crippen molar-refractivity contribution in [1.29, 1.82) is 0 Å². The van der Waals surface area contributed by atoms with Crippen LogP contribution < -0.4 is 0 Å². The van der Waals surface area contributed by atoms with Crippen LogP contribution in [0.1, 0.15) is 33.1 Å². The van der Waals surface area contributed by atoms with E-state index in [1.54, 1.807) is 0 Å². The van der Waals surface area contributed by atoms with Crippen molar-refractivity contribution in [2.45, 2.75) is 33.1 Å². The molecule has 16 heavy (non-hydrogen) atoms. The summed E-state index contributed by atoms with van der Waals surface area (Å²) >= 11 is 0. The topological polar surface area (TPSA) is 3.24 Å². The number of allylic oxidation sites excluding steroid dienone is 4. The molecular formula is C15H23N. The fourth-order valence-electron chi connectivity index (χ4n) is 2.02. The maximum Gasteiger partial charge on any atom is 0.0366 e. The van der Waals surface area contributed by atoms with Crippen LogP contribution in [-0.4, -0.2) is 18.0 Å². The number of hydrogen-bond donors (Lipinski definition) is 0. The molecule has 0 atom stereocenters. The molecule has 1 aliphatic rings. The van der Waals surface area contributed by atoms with Crippen molar-refractivity contribution in [2.75, 3.05) is 13.1 Å². The molecule has 1 nitrogen and oxygen atoms in total. The summed E-state index contributed by atoms with van der Waals surface area (Å²) in [6, 6.07) is 0. The van der Waals surface area contributed by atoms with Gasteiger partial charge in [0.15, 0.2) is 0 Å². The van der Waals surface area contributed by atoms with Crippen molar-refractivity contribution in [3.63, 3.8) is 0 Å². The number of nitrogens with zero attached hydrogens (tertiary/aromatic N) is 1. The van der Waals surface area contributed by atoms with Gasteiger partial charge in [-0.1, -0.05) is 37.0 Å². The average Bonchev–Trinajstić information content (AvgIpc) is 2.28. The Hall–Kier alpha value is -1.24. The van der Waals surface area contributed by atoms with Crippen molar-refractivity contribution in [1.82, 2.24) is 4.90 Å². The molecule has 0 aromatic rings. The summed E-state index contributed by atoms with van der Waals surface area (Å²) in [5.74, 6) is 0. The monoisotopic (exact) mass is 217 g/mol. The number of rotatable bonds is 4. The van der Waals surface area contributed by atoms with E-state index >= 15 is 0 Å². The zero-order valence-electron chi connectivity index (χ0n) is 10.6. The minimum Gasteiger partial charge on any atom is -0.372 e. The Labute approximate surface area is 99.8 Å². The molecule has 88 valence electrons. The Balaban J connectivity index is 2.77. The van der Waals surface area contributed by atoms with Crippen LogP contribution in [0.5, 0.6) is 0 Å². The quantitative estimate of drug-likeness (QED) is 0.642. The molecule has 0 N–H and O–H groups in total. The summed E-state index contributed by atoms with van der Waals surface area (Å²) in [7, 11) is 0. The van der Waals surface area contributed by atoms with Gasteiger partial charge >= 0.3 is 0 Å². The summed E-state index contributed by atoms with van der Waals surface area (Å²) in [6.45, 7) is 14.5. The number of piperidine rings is 1. The van der Waals surface area contributed by atoms with Gasteiger partial charge in [-0.2, -0.15) is 0 Å². The maximum atomic E-state index is 4.22. The van der Waals surface area contributed by atoms with Crippen LogP contribution in [-0.2, 0) is 0 Å². The lowest BCUT2D eigenvalue weighted by atomic mass is 10.1. The maximum absolute atomic E-state index is 4.22. The molecule has 0 radical (unpaired) electrons. The third-order valence-electron chi connectivity index (χ3n) is 2.82. The highest BCUT2D eigenvalue weighted by molar-refractivity contribution is 5.41. The van der Waals surface area contributed by atoms with Gasteiger partial charge in [0.1, 0.15) is 0 Å². The fraction of sp³-hybridized carbons (Fsp3) is 0.467. The molecule has 1 saturated heterocycles. The molecule has 0 aromatic heterocycles. The van der Waals surface area contributed by atoms with Crippen LogP contribution >= 0.6 is 0 Å². The lowest BCUT2D eigenvalue weighted by Gasteiger charge is -2.31. The third-order valence-corrected chi connectivity index (χ3v) is 2.82. The number of hydrogen-bond acceptors (Lipinski definition) is 1. The third kappa shape index (κ3) is 3.73. The predicted octanol–water partition coefficient (Wildman–Crippen LogP) is 4.06. The van der Waals surface area contributed by atoms with Gasteiger partial charge < -0.3 is 4.90 Å². The second kappa shape index (κ2) is 6.37. The predicted molar refractivity (Wildman–Crippen MR) is 72.3 cm³/mol. The largest absolute Gasteiger partial charge is 0.372 e. The van der Waals surface area contributed by atoms with Gasteiger partial charge in [0.2, 0.25) is 0 Å². The summed E-state index contributed by atoms with van der Waals surface area (Å²) in [4.78, 5) is 2.39. The molecule has 1 heterocycles. The second-order valence-corrected chi connectivity index (χ2v) is 4.44. The summed E-state index contributed by atoms with van der Waals surface area (Å²) in [5.41, 5.74) is 3.41. The molecule has 1 rings (SSSR count). The first-order chi connectivity index (χ1) is 7.65. The van der Waals surface area contributed by atoms with E-state index in [1.807, 2.05) is 13.8 Å². The van der Waals surface area contributed by atoms with Gasteiger partial charge in [0.25, 0.3) is 0 Å². The molecule has 0 unspecified atom stereocenters. The standard InChI is InChI=1S/C15H23N/c1-5-9-15(12-13(2)3)14(4)16-10-7-6-8-11-16/h5,9,12H,2,4,6-8,10-11H2,1,3H3/b9-5-,15-12+. The van der Waals surface area contributed by atoms with Crippen molar-refractivity contribution >= 4 is 0 Å². The average molecular weight is 217 g/mol. The van der Waals surface area contributed by atoms with Gasteiger partial charge in [0, 0.05) is 18.8 Å². The minimum atomic E-state index is 1.08. The molecular weight excluding hydrogens is 194 g/mol. The first-order valence-corrected chi connectivity index (χ1v) is 6.09. The van der Waals surface area contributed by atoms with E-state index in [4.69, 9.17) is 0 Å². The van der Waals surface area contributed by atoms with Gasteiger partial charge in [-0.05, 0) is 38.7 Å². The zero-order chi connectivity index (χ0) is 12.0. The normalized spacial score (nSPS) is 17.9. The molecule has 1 fully saturated rings. The molecule has 0 saturated carbocycles. The van der Waals surface area contributed by atoms with Gasteiger partial charge in [-0.15, -0.1) is 0 Å². The lowest BCUT2D eigenvalue weighted by molar-refractivity contribution is 0.292. The van der Waals surface area contributed by atoms with Crippen LogP contribution in [0.2, 0.25) is 0 Å². The number of likely N-dealkylation sites (tertiary alicyclic amines) is 1. The van der Waals surface area contributed by atoms with E-state index in [0.717, 1.165) is 24.4 Å². The van der Waals surface area contributed by atoms with Crippen molar-refractivity contribution in [2.24, 2.45) is 0 Å². The fourth-order valence-corrected chi connectivity index (χ4v) is 2.02. The first-order valence-electron chi connectivity index (χ1n) is 6.09. The minimum absolute atomic E-state index is 1.08. The molecule has 0 amide bonds. The van der Waals surface area contributed by atoms with Crippen LogP contribution in [0.3, 0.4) is 0 Å². The Kier molecular flexibility index (Phi) is 5.10. The Morgan fingerprint density at radius 1 is 1.12 bits per heavy atom. The highest BCUT2D eigenvalue weighted by Crippen LogP contribution is 2.21. The van der Waals surface area contributed by atoms with Crippen LogP contribution in [0.25, 0.3) is 0 Å². The Morgan fingerprint density at radius 3 is 2.25 bits per heavy atom. The zero-order valence-corrected chi connectivity index (χ0v) is 10.6. The SMILES string of the molecule is C=C(C)/C=C(\C=C/C)C(=C)N1CCCCC1. The van der Waals surface area contributed by atoms with Crippen molar-refractivity contribution in [3.05, 3.63) is 48.2 Å². The molecule has 0 aromatic carbocycles. The van der Waals surface area contributed by atoms with Crippen LogP contribution in [0.4, 0.5) is 0 Å². The molecule has 0 spiro atoms. The molecule has 1 aliphatic heterocycles. The summed E-state index contributed by atoms with van der Waals surface area (Å²) in [6.07, 6.45) is 10.2. The highest BCUT2D eigenvalue weighted by atomic mass is 15.1. The highest BCUT2D eigenvalue weighted by Gasteiger charge is 2.13. The Bertz CT molecular complexity index is 314. The summed E-state index contributed by atoms with van der Waals surface area (Å²) < 4.78 is 0. The van der Waals surface area contributed by atoms with E-state index < -0.39 is 0 Å². The van der Waals surface area contributed by atoms with Crippen molar-refractivity contribution < 1.29 is 0 Å². The van der Waals surface area contributed by atoms with E-state index in [0.29, 0.717) is 0 Å². The van der Waals surface area contributed by atoms with E-state index in [2.05, 4.69) is 36.3 Å². The van der Waals surface area contributed by atoms with Gasteiger partial charge in [0.05, 0.1) is 0 Å². The van der Waals surface area contributed by atoms with Gasteiger partial charge in [-0.25, -0.2) is 0 Å². The molecule has 0 bridgehead atoms. The van der Waals surface area contributed by atoms with E-state index in [9.17, 15) is 0 Å². The first kappa shape index (κ1) is 12.8. The smallest absolute Gasteiger partial charge is 0.0366 e. The van der Waals surface area contributed by atoms with E-state index in [-0.39, 0.29) is 0 Å². The molecule has 1 heteroatoms. The van der Waals surface area contributed by atoms with Crippen LogP contribution in [0.15, 0.2) is 48.2 Å². The molecule has 0 aliphatic carbocycles. The summed E-state index contributed by atoms with van der Waals surface area (Å²) in [5, 5.41) is 0. The Morgan fingerprint density at radius 2 is 1.75 bits per heavy atom. The van der Waals surface area contributed by atoms with Crippen LogP contribution in [0, 0.1) is 0 Å².